The molecule has 0 saturated heterocycles. The predicted octanol–water partition coefficient (Wildman–Crippen LogP) is 1.69. The summed E-state index contributed by atoms with van der Waals surface area (Å²) >= 11 is 0. The maximum atomic E-state index is 12.1. The SMILES string of the molecule is O=C1C(=O)C(c2ccccc2)Oc2cc(O)c(O)c(O)c21. The lowest BCUT2D eigenvalue weighted by molar-refractivity contribution is -0.122. The zero-order chi connectivity index (χ0) is 15.1. The van der Waals surface area contributed by atoms with Crippen LogP contribution >= 0.6 is 0 Å². The molecule has 1 aliphatic rings. The summed E-state index contributed by atoms with van der Waals surface area (Å²) in [6, 6.07) is 9.38. The number of ether oxygens (including phenoxy) is 1. The summed E-state index contributed by atoms with van der Waals surface area (Å²) in [7, 11) is 0. The van der Waals surface area contributed by atoms with Crippen molar-refractivity contribution in [2.75, 3.05) is 0 Å². The molecule has 0 aromatic heterocycles. The molecule has 1 aliphatic heterocycles. The van der Waals surface area contributed by atoms with Gasteiger partial charge in [0.05, 0.1) is 0 Å². The van der Waals surface area contributed by atoms with Crippen LogP contribution < -0.4 is 4.74 Å². The molecule has 0 radical (unpaired) electrons. The number of hydrogen-bond acceptors (Lipinski definition) is 6. The Hall–Kier alpha value is -3.02. The number of rotatable bonds is 1. The van der Waals surface area contributed by atoms with E-state index < -0.39 is 40.5 Å². The van der Waals surface area contributed by atoms with Crippen molar-refractivity contribution >= 4 is 11.6 Å². The summed E-state index contributed by atoms with van der Waals surface area (Å²) in [5.74, 6) is -4.35. The van der Waals surface area contributed by atoms with E-state index in [2.05, 4.69) is 0 Å². The van der Waals surface area contributed by atoms with Crippen LogP contribution in [0.15, 0.2) is 36.4 Å². The van der Waals surface area contributed by atoms with Gasteiger partial charge in [0.15, 0.2) is 17.6 Å². The number of Topliss-reactive ketones (excluding diaryl/α,β-unsaturated/α-hetero) is 2. The maximum absolute atomic E-state index is 12.1. The number of carbonyl (C=O) groups is 2. The number of carbonyl (C=O) groups excluding carboxylic acids is 2. The molecule has 1 atom stereocenters. The van der Waals surface area contributed by atoms with E-state index in [1.54, 1.807) is 30.3 Å². The molecule has 0 saturated carbocycles. The molecule has 0 bridgehead atoms. The van der Waals surface area contributed by atoms with Crippen molar-refractivity contribution in [2.24, 2.45) is 0 Å². The van der Waals surface area contributed by atoms with Gasteiger partial charge >= 0.3 is 0 Å². The first-order valence-corrected chi connectivity index (χ1v) is 6.08. The average molecular weight is 286 g/mol. The van der Waals surface area contributed by atoms with Crippen LogP contribution in [0.3, 0.4) is 0 Å². The summed E-state index contributed by atoms with van der Waals surface area (Å²) < 4.78 is 5.42. The van der Waals surface area contributed by atoms with Crippen molar-refractivity contribution in [1.29, 1.82) is 0 Å². The van der Waals surface area contributed by atoms with Crippen LogP contribution in [0.1, 0.15) is 22.0 Å². The predicted molar refractivity (Wildman–Crippen MR) is 70.6 cm³/mol. The zero-order valence-electron chi connectivity index (χ0n) is 10.6. The van der Waals surface area contributed by atoms with E-state index in [4.69, 9.17) is 4.74 Å². The van der Waals surface area contributed by atoms with Gasteiger partial charge in [-0.05, 0) is 0 Å². The van der Waals surface area contributed by atoms with Crippen molar-refractivity contribution in [3.63, 3.8) is 0 Å². The van der Waals surface area contributed by atoms with Gasteiger partial charge in [0.2, 0.25) is 17.3 Å². The second kappa shape index (κ2) is 4.52. The van der Waals surface area contributed by atoms with E-state index in [1.165, 1.54) is 0 Å². The molecular weight excluding hydrogens is 276 g/mol. The Bertz CT molecular complexity index is 751. The van der Waals surface area contributed by atoms with Crippen LogP contribution in [-0.2, 0) is 4.79 Å². The van der Waals surface area contributed by atoms with Gasteiger partial charge in [-0.15, -0.1) is 0 Å². The highest BCUT2D eigenvalue weighted by molar-refractivity contribution is 6.47. The highest BCUT2D eigenvalue weighted by atomic mass is 16.5. The standard InChI is InChI=1S/C15H10O6/c16-8-6-9-10(12(18)11(8)17)13(19)14(20)15(21-9)7-4-2-1-3-5-7/h1-6,15-18H. The van der Waals surface area contributed by atoms with Crippen molar-refractivity contribution in [1.82, 2.24) is 0 Å². The molecule has 0 amide bonds. The van der Waals surface area contributed by atoms with E-state index in [0.29, 0.717) is 5.56 Å². The lowest BCUT2D eigenvalue weighted by Gasteiger charge is -2.25. The number of hydrogen-bond donors (Lipinski definition) is 3. The molecular formula is C15H10O6. The van der Waals surface area contributed by atoms with Gasteiger partial charge in [0.1, 0.15) is 11.3 Å². The summed E-state index contributed by atoms with van der Waals surface area (Å²) in [5.41, 5.74) is 0.0380. The molecule has 3 N–H and O–H groups in total. The highest BCUT2D eigenvalue weighted by Crippen LogP contribution is 2.46. The van der Waals surface area contributed by atoms with Crippen LogP contribution in [0.25, 0.3) is 0 Å². The molecule has 1 heterocycles. The van der Waals surface area contributed by atoms with Crippen molar-refractivity contribution < 1.29 is 29.6 Å². The summed E-state index contributed by atoms with van der Waals surface area (Å²) in [4.78, 5) is 24.2. The third kappa shape index (κ3) is 1.88. The van der Waals surface area contributed by atoms with Crippen molar-refractivity contribution in [2.45, 2.75) is 6.10 Å². The van der Waals surface area contributed by atoms with Gasteiger partial charge < -0.3 is 20.1 Å². The Morgan fingerprint density at radius 1 is 0.952 bits per heavy atom. The van der Waals surface area contributed by atoms with Crippen molar-refractivity contribution in [3.8, 4) is 23.0 Å². The first-order chi connectivity index (χ1) is 10.0. The Morgan fingerprint density at radius 3 is 2.29 bits per heavy atom. The molecule has 3 rings (SSSR count). The number of aromatic hydroxyl groups is 3. The molecule has 1 unspecified atom stereocenters. The van der Waals surface area contributed by atoms with Crippen LogP contribution in [0.5, 0.6) is 23.0 Å². The van der Waals surface area contributed by atoms with Gasteiger partial charge in [-0.1, -0.05) is 30.3 Å². The Labute approximate surface area is 118 Å². The summed E-state index contributed by atoms with van der Waals surface area (Å²) in [5, 5.41) is 28.6. The van der Waals surface area contributed by atoms with Crippen LogP contribution in [-0.4, -0.2) is 26.9 Å². The van der Waals surface area contributed by atoms with Crippen molar-refractivity contribution in [3.05, 3.63) is 47.5 Å². The first kappa shape index (κ1) is 13.0. The average Bonchev–Trinajstić information content (AvgIpc) is 2.49. The second-order valence-corrected chi connectivity index (χ2v) is 4.57. The monoisotopic (exact) mass is 286 g/mol. The quantitative estimate of drug-likeness (QED) is 0.544. The molecule has 2 aromatic carbocycles. The van der Waals surface area contributed by atoms with E-state index in [-0.39, 0.29) is 5.75 Å². The van der Waals surface area contributed by atoms with Gasteiger partial charge in [-0.3, -0.25) is 9.59 Å². The smallest absolute Gasteiger partial charge is 0.248 e. The third-order valence-corrected chi connectivity index (χ3v) is 3.25. The third-order valence-electron chi connectivity index (χ3n) is 3.25. The number of ketones is 2. The Kier molecular flexibility index (Phi) is 2.79. The first-order valence-electron chi connectivity index (χ1n) is 6.08. The normalized spacial score (nSPS) is 17.2. The number of fused-ring (bicyclic) bond motifs is 1. The molecule has 0 aliphatic carbocycles. The minimum absolute atomic E-state index is 0.152. The van der Waals surface area contributed by atoms with Gasteiger partial charge in [-0.25, -0.2) is 0 Å². The summed E-state index contributed by atoms with van der Waals surface area (Å²) in [6.45, 7) is 0. The van der Waals surface area contributed by atoms with E-state index >= 15 is 0 Å². The Balaban J connectivity index is 2.15. The highest BCUT2D eigenvalue weighted by Gasteiger charge is 2.39. The zero-order valence-corrected chi connectivity index (χ0v) is 10.6. The van der Waals surface area contributed by atoms with E-state index in [1.807, 2.05) is 0 Å². The fourth-order valence-corrected chi connectivity index (χ4v) is 2.20. The molecule has 6 nitrogen and oxygen atoms in total. The molecule has 0 spiro atoms. The number of benzene rings is 2. The molecule has 0 fully saturated rings. The fourth-order valence-electron chi connectivity index (χ4n) is 2.20. The van der Waals surface area contributed by atoms with Crippen LogP contribution in [0, 0.1) is 0 Å². The number of phenolic OH excluding ortho intramolecular Hbond substituents is 3. The Morgan fingerprint density at radius 2 is 1.62 bits per heavy atom. The summed E-state index contributed by atoms with van der Waals surface area (Å²) in [6.07, 6.45) is -1.14. The molecule has 106 valence electrons. The largest absolute Gasteiger partial charge is 0.504 e. The molecule has 21 heavy (non-hydrogen) atoms. The van der Waals surface area contributed by atoms with Crippen LogP contribution in [0.4, 0.5) is 0 Å². The minimum Gasteiger partial charge on any atom is -0.504 e. The molecule has 6 heteroatoms. The van der Waals surface area contributed by atoms with E-state index in [9.17, 15) is 24.9 Å². The maximum Gasteiger partial charge on any atom is 0.248 e. The fraction of sp³-hybridized carbons (Fsp3) is 0.0667. The van der Waals surface area contributed by atoms with E-state index in [0.717, 1.165) is 6.07 Å². The lowest BCUT2D eigenvalue weighted by atomic mass is 9.94. The lowest BCUT2D eigenvalue weighted by Crippen LogP contribution is -2.31. The topological polar surface area (TPSA) is 104 Å². The van der Waals surface area contributed by atoms with Gasteiger partial charge in [0.25, 0.3) is 0 Å². The van der Waals surface area contributed by atoms with Gasteiger partial charge in [-0.2, -0.15) is 0 Å². The molecule has 2 aromatic rings. The van der Waals surface area contributed by atoms with Gasteiger partial charge in [0, 0.05) is 11.6 Å². The van der Waals surface area contributed by atoms with Crippen LogP contribution in [0.2, 0.25) is 0 Å². The minimum atomic E-state index is -1.14. The number of phenols is 3. The second-order valence-electron chi connectivity index (χ2n) is 4.57.